The molecule has 9 rings (SSSR count). The molecule has 0 bridgehead atoms. The summed E-state index contributed by atoms with van der Waals surface area (Å²) in [6.45, 7) is 0. The number of hydrogen-bond acceptors (Lipinski definition) is 1. The summed E-state index contributed by atoms with van der Waals surface area (Å²) in [6, 6.07) is -27.4. The highest BCUT2D eigenvalue weighted by Gasteiger charge is 2.19. The molecule has 0 saturated heterocycles. The van der Waals surface area contributed by atoms with E-state index >= 15 is 0 Å². The SMILES string of the molecule is [2H]c1c([2H])c([2H])c(-c2c([2H])c([2H])c3c(-c4c([2H])c([2H])c([2H])c([2H])c4[2H])c4c([2H])c(-c5c([2H])c([2H])c6oc7c([2H])c([2H])c([2H])c([2H])c7c6c5[2H])c([2H])c([2H])c4c(-c4c([2H])c([2H])c([2H])c([2H])c4[2H])c3c2[2H])c([2H])c1[2H]. The van der Waals surface area contributed by atoms with E-state index in [1.165, 1.54) is 0 Å². The highest BCUT2D eigenvalue weighted by atomic mass is 16.3. The van der Waals surface area contributed by atoms with Crippen LogP contribution in [0.2, 0.25) is 0 Å². The molecule has 0 saturated carbocycles. The topological polar surface area (TPSA) is 13.1 Å². The number of rotatable bonds is 4. The van der Waals surface area contributed by atoms with E-state index in [0.717, 1.165) is 0 Å². The molecule has 0 spiro atoms. The van der Waals surface area contributed by atoms with Crippen molar-refractivity contribution in [3.05, 3.63) is 169 Å². The van der Waals surface area contributed by atoms with Crippen LogP contribution in [0.3, 0.4) is 0 Å². The highest BCUT2D eigenvalue weighted by Crippen LogP contribution is 2.46. The van der Waals surface area contributed by atoms with Crippen LogP contribution in [0.4, 0.5) is 0 Å². The fraction of sp³-hybridized carbons (Fsp3) is 0. The van der Waals surface area contributed by atoms with Crippen molar-refractivity contribution in [2.75, 3.05) is 0 Å². The van der Waals surface area contributed by atoms with E-state index in [1.54, 1.807) is 0 Å². The van der Waals surface area contributed by atoms with Crippen molar-refractivity contribution in [2.24, 2.45) is 0 Å². The van der Waals surface area contributed by atoms with Crippen LogP contribution in [0.15, 0.2) is 174 Å². The van der Waals surface area contributed by atoms with Crippen molar-refractivity contribution >= 4 is 43.5 Å². The van der Waals surface area contributed by atoms with Gasteiger partial charge in [0.2, 0.25) is 0 Å². The Balaban J connectivity index is 1.68. The summed E-state index contributed by atoms with van der Waals surface area (Å²) < 4.78 is 257. The standard InChI is InChI=1S/C44H28O/c1-4-12-29(13-5-1)32-20-23-36-39(27-32)43(30-14-6-2-7-15-30)37-24-21-33(28-40(37)44(36)31-16-8-3-9-17-31)34-22-25-42-38(26-34)35-18-10-11-19-41(35)45-42/h1-28H/i1D,2D,3D,4D,5D,6D,7D,8D,9D,10D,11D,12D,13D,14D,15D,16D,17D,18D,19D,20D,21D,22D,23D,24D,25D,26D,27D,28D. The number of fused-ring (bicyclic) bond motifs is 5. The Kier molecular flexibility index (Phi) is 2.32. The van der Waals surface area contributed by atoms with Gasteiger partial charge >= 0.3 is 0 Å². The Morgan fingerprint density at radius 1 is 0.289 bits per heavy atom. The first-order valence-corrected chi connectivity index (χ1v) is 13.2. The Labute approximate surface area is 301 Å². The van der Waals surface area contributed by atoms with Crippen LogP contribution in [-0.2, 0) is 0 Å². The van der Waals surface area contributed by atoms with Crippen molar-refractivity contribution < 1.29 is 42.8 Å². The zero-order valence-electron chi connectivity index (χ0n) is 50.4. The Morgan fingerprint density at radius 2 is 0.711 bits per heavy atom. The fourth-order valence-corrected chi connectivity index (χ4v) is 5.12. The average molecular weight is 601 g/mol. The van der Waals surface area contributed by atoms with Gasteiger partial charge in [0.25, 0.3) is 0 Å². The van der Waals surface area contributed by atoms with Gasteiger partial charge in [-0.15, -0.1) is 0 Å². The predicted molar refractivity (Wildman–Crippen MR) is 190 cm³/mol. The van der Waals surface area contributed by atoms with Gasteiger partial charge in [-0.1, -0.05) is 139 Å². The minimum Gasteiger partial charge on any atom is -0.456 e. The predicted octanol–water partition coefficient (Wildman–Crippen LogP) is 12.6. The lowest BCUT2D eigenvalue weighted by atomic mass is 9.84. The molecule has 0 aliphatic heterocycles. The van der Waals surface area contributed by atoms with Gasteiger partial charge in [-0.3, -0.25) is 0 Å². The second-order valence-electron chi connectivity index (χ2n) is 9.51. The van der Waals surface area contributed by atoms with Crippen molar-refractivity contribution in [3.8, 4) is 44.5 Å². The molecule has 210 valence electrons. The van der Waals surface area contributed by atoms with Crippen LogP contribution < -0.4 is 0 Å². The molecule has 0 fully saturated rings. The minimum atomic E-state index is -1.13. The molecule has 1 heterocycles. The molecule has 0 amide bonds. The molecule has 1 heteroatoms. The molecule has 8 aromatic carbocycles. The van der Waals surface area contributed by atoms with Gasteiger partial charge < -0.3 is 4.42 Å². The summed E-state index contributed by atoms with van der Waals surface area (Å²) in [7, 11) is 0. The molecule has 45 heavy (non-hydrogen) atoms. The first kappa shape index (κ1) is 10.1. The van der Waals surface area contributed by atoms with Crippen LogP contribution in [0, 0.1) is 0 Å². The van der Waals surface area contributed by atoms with E-state index in [9.17, 15) is 16.4 Å². The Bertz CT molecular complexity index is 4030. The van der Waals surface area contributed by atoms with E-state index in [2.05, 4.69) is 0 Å². The van der Waals surface area contributed by atoms with E-state index in [-0.39, 0.29) is 0 Å². The lowest BCUT2D eigenvalue weighted by molar-refractivity contribution is 0.669. The molecular weight excluding hydrogens is 544 g/mol. The molecule has 0 atom stereocenters. The molecular formula is C44H28O. The third kappa shape index (κ3) is 4.24. The van der Waals surface area contributed by atoms with Crippen LogP contribution in [-0.4, -0.2) is 0 Å². The van der Waals surface area contributed by atoms with Crippen molar-refractivity contribution in [2.45, 2.75) is 0 Å². The summed E-state index contributed by atoms with van der Waals surface area (Å²) in [5, 5.41) is -4.33. The van der Waals surface area contributed by atoms with Gasteiger partial charge in [-0.2, -0.15) is 0 Å². The second kappa shape index (κ2) is 10.4. The molecule has 0 aliphatic rings. The van der Waals surface area contributed by atoms with Crippen LogP contribution in [0.5, 0.6) is 0 Å². The van der Waals surface area contributed by atoms with Gasteiger partial charge in [0.05, 0.1) is 38.4 Å². The smallest absolute Gasteiger partial charge is 0.135 e. The second-order valence-corrected chi connectivity index (χ2v) is 9.51. The van der Waals surface area contributed by atoms with Crippen LogP contribution >= 0.6 is 0 Å². The average Bonchev–Trinajstić information content (AvgIpc) is 3.77. The first-order valence-electron chi connectivity index (χ1n) is 27.2. The van der Waals surface area contributed by atoms with E-state index in [1.807, 2.05) is 0 Å². The zero-order chi connectivity index (χ0) is 54.1. The van der Waals surface area contributed by atoms with Gasteiger partial charge in [-0.05, 0) is 96.3 Å². The van der Waals surface area contributed by atoms with Crippen LogP contribution in [0.25, 0.3) is 88.0 Å². The maximum absolute atomic E-state index is 10.1. The molecule has 9 aromatic rings. The van der Waals surface area contributed by atoms with E-state index in [0.29, 0.717) is 0 Å². The maximum Gasteiger partial charge on any atom is 0.135 e. The van der Waals surface area contributed by atoms with E-state index < -0.39 is 257 Å². The Hall–Kier alpha value is -5.92. The lowest BCUT2D eigenvalue weighted by Crippen LogP contribution is -1.92. The fourth-order valence-electron chi connectivity index (χ4n) is 5.12. The molecule has 0 unspecified atom stereocenters. The summed E-state index contributed by atoms with van der Waals surface area (Å²) in [6.07, 6.45) is 0. The van der Waals surface area contributed by atoms with Gasteiger partial charge in [0.15, 0.2) is 0 Å². The largest absolute Gasteiger partial charge is 0.456 e. The summed E-state index contributed by atoms with van der Waals surface area (Å²) in [4.78, 5) is 0. The third-order valence-corrected chi connectivity index (χ3v) is 7.01. The lowest BCUT2D eigenvalue weighted by Gasteiger charge is -2.19. The molecule has 1 aromatic heterocycles. The van der Waals surface area contributed by atoms with Crippen molar-refractivity contribution in [3.63, 3.8) is 0 Å². The quantitative estimate of drug-likeness (QED) is 0.183. The normalized spacial score (nSPS) is 20.3. The van der Waals surface area contributed by atoms with Crippen molar-refractivity contribution in [1.29, 1.82) is 0 Å². The highest BCUT2D eigenvalue weighted by molar-refractivity contribution is 6.22. The monoisotopic (exact) mass is 600 g/mol. The zero-order valence-corrected chi connectivity index (χ0v) is 22.4. The van der Waals surface area contributed by atoms with Gasteiger partial charge in [0, 0.05) is 10.8 Å². The summed E-state index contributed by atoms with van der Waals surface area (Å²) in [5.41, 5.74) is -7.99. The molecule has 0 aliphatic carbocycles. The van der Waals surface area contributed by atoms with Crippen LogP contribution in [0.1, 0.15) is 38.4 Å². The molecule has 0 N–H and O–H groups in total. The number of para-hydroxylation sites is 1. The maximum atomic E-state index is 10.1. The minimum absolute atomic E-state index is 0.445. The summed E-state index contributed by atoms with van der Waals surface area (Å²) in [5.74, 6) is 0. The molecule has 0 radical (unpaired) electrons. The first-order chi connectivity index (χ1) is 34.0. The summed E-state index contributed by atoms with van der Waals surface area (Å²) >= 11 is 0. The van der Waals surface area contributed by atoms with Gasteiger partial charge in [-0.25, -0.2) is 0 Å². The number of hydrogen-bond donors (Lipinski definition) is 0. The van der Waals surface area contributed by atoms with Crippen molar-refractivity contribution in [1.82, 2.24) is 0 Å². The number of benzene rings is 8. The Morgan fingerprint density at radius 3 is 1.29 bits per heavy atom. The molecule has 1 nitrogen and oxygen atoms in total. The van der Waals surface area contributed by atoms with Gasteiger partial charge in [0.1, 0.15) is 11.2 Å². The number of furan rings is 1. The third-order valence-electron chi connectivity index (χ3n) is 7.01. The van der Waals surface area contributed by atoms with E-state index in [4.69, 9.17) is 26.3 Å².